The summed E-state index contributed by atoms with van der Waals surface area (Å²) < 4.78 is 34.9. The molecule has 44 heavy (non-hydrogen) atoms. The van der Waals surface area contributed by atoms with Crippen LogP contribution < -0.4 is 14.5 Å². The van der Waals surface area contributed by atoms with Crippen LogP contribution in [0.25, 0.3) is 0 Å². The Bertz CT molecular complexity index is 1540. The molecule has 4 heterocycles. The normalized spacial score (nSPS) is 24.0. The topological polar surface area (TPSA) is 51.2 Å². The van der Waals surface area contributed by atoms with Gasteiger partial charge in [0.1, 0.15) is 29.8 Å². The fraction of sp³-hybridized carbons (Fsp3) is 0.306. The van der Waals surface area contributed by atoms with Crippen LogP contribution in [0.15, 0.2) is 103 Å². The van der Waals surface area contributed by atoms with E-state index in [0.717, 1.165) is 41.0 Å². The molecule has 0 saturated carbocycles. The predicted octanol–water partition coefficient (Wildman–Crippen LogP) is 7.00. The molecule has 8 rings (SSSR count). The fourth-order valence-electron chi connectivity index (χ4n) is 7.38. The van der Waals surface area contributed by atoms with E-state index in [9.17, 15) is 4.79 Å². The number of fused-ring (bicyclic) bond motifs is 5. The number of rotatable bonds is 7. The highest BCUT2D eigenvalue weighted by atomic mass is 32.2. The summed E-state index contributed by atoms with van der Waals surface area (Å²) in [5.74, 6) is 2.19. The van der Waals surface area contributed by atoms with E-state index >= 15 is 4.39 Å². The summed E-state index contributed by atoms with van der Waals surface area (Å²) in [4.78, 5) is 17.2. The third-order valence-corrected chi connectivity index (χ3v) is 10.7. The van der Waals surface area contributed by atoms with Gasteiger partial charge < -0.3 is 19.1 Å². The van der Waals surface area contributed by atoms with Crippen LogP contribution in [-0.2, 0) is 15.1 Å². The van der Waals surface area contributed by atoms with Crippen LogP contribution in [0, 0.1) is 5.82 Å². The second kappa shape index (κ2) is 11.2. The van der Waals surface area contributed by atoms with Gasteiger partial charge in [0, 0.05) is 35.7 Å². The Hall–Kier alpha value is -4.01. The molecule has 0 N–H and O–H groups in total. The molecule has 8 heteroatoms. The number of carbonyl (C=O) groups excluding carboxylic acids is 1. The Morgan fingerprint density at radius 3 is 1.95 bits per heavy atom. The number of carbonyl (C=O) groups is 1. The van der Waals surface area contributed by atoms with Crippen molar-refractivity contribution in [3.8, 4) is 5.75 Å². The average Bonchev–Trinajstić information content (AvgIpc) is 3.52. The molecule has 4 atom stereocenters. The maximum Gasteiger partial charge on any atom is 0.415 e. The first-order valence-electron chi connectivity index (χ1n) is 15.3. The molecule has 3 fully saturated rings. The summed E-state index contributed by atoms with van der Waals surface area (Å²) in [7, 11) is 0. The first-order chi connectivity index (χ1) is 21.6. The zero-order chi connectivity index (χ0) is 29.7. The smallest absolute Gasteiger partial charge is 0.415 e. The maximum atomic E-state index is 15.8. The quantitative estimate of drug-likeness (QED) is 0.211. The van der Waals surface area contributed by atoms with E-state index in [2.05, 4.69) is 41.3 Å². The average molecular weight is 609 g/mol. The van der Waals surface area contributed by atoms with E-state index < -0.39 is 23.8 Å². The van der Waals surface area contributed by atoms with Crippen LogP contribution in [0.2, 0.25) is 0 Å². The van der Waals surface area contributed by atoms with Crippen LogP contribution >= 0.6 is 11.8 Å². The molecule has 4 aromatic carbocycles. The van der Waals surface area contributed by atoms with Crippen molar-refractivity contribution >= 4 is 29.2 Å². The molecule has 2 bridgehead atoms. The van der Waals surface area contributed by atoms with Crippen molar-refractivity contribution in [3.05, 3.63) is 126 Å². The number of ether oxygens (including phenoxy) is 3. The molecular weight excluding hydrogens is 575 g/mol. The molecule has 4 aromatic rings. The number of thioether (sulfide) groups is 1. The second-order valence-electron chi connectivity index (χ2n) is 11.9. The van der Waals surface area contributed by atoms with E-state index in [1.807, 2.05) is 66.4 Å². The second-order valence-corrected chi connectivity index (χ2v) is 12.9. The van der Waals surface area contributed by atoms with Gasteiger partial charge in [-0.05, 0) is 29.5 Å². The van der Waals surface area contributed by atoms with Gasteiger partial charge in [-0.3, -0.25) is 4.90 Å². The lowest BCUT2D eigenvalue weighted by Crippen LogP contribution is -2.47. The van der Waals surface area contributed by atoms with Crippen LogP contribution in [0.5, 0.6) is 5.75 Å². The van der Waals surface area contributed by atoms with Crippen LogP contribution in [0.3, 0.4) is 0 Å². The van der Waals surface area contributed by atoms with Crippen LogP contribution in [-0.4, -0.2) is 55.0 Å². The van der Waals surface area contributed by atoms with Crippen LogP contribution in [0.1, 0.15) is 29.5 Å². The maximum absolute atomic E-state index is 15.8. The molecule has 224 valence electrons. The highest BCUT2D eigenvalue weighted by Crippen LogP contribution is 2.47. The molecule has 0 radical (unpaired) electrons. The number of hydrogen-bond acceptors (Lipinski definition) is 6. The van der Waals surface area contributed by atoms with Gasteiger partial charge in [0.15, 0.2) is 6.10 Å². The summed E-state index contributed by atoms with van der Waals surface area (Å²) in [5.41, 5.74) is 2.91. The van der Waals surface area contributed by atoms with Gasteiger partial charge >= 0.3 is 6.09 Å². The summed E-state index contributed by atoms with van der Waals surface area (Å²) in [6.45, 7) is 0.342. The fourth-order valence-corrected chi connectivity index (χ4v) is 8.71. The third-order valence-electron chi connectivity index (χ3n) is 9.43. The van der Waals surface area contributed by atoms with Crippen molar-refractivity contribution < 1.29 is 23.4 Å². The van der Waals surface area contributed by atoms with E-state index in [-0.39, 0.29) is 19.0 Å². The molecule has 0 aliphatic carbocycles. The van der Waals surface area contributed by atoms with Gasteiger partial charge in [-0.2, -0.15) is 11.8 Å². The first kappa shape index (κ1) is 27.5. The number of cyclic esters (lactones) is 1. The number of nitrogens with zero attached hydrogens (tertiary/aromatic N) is 2. The highest BCUT2D eigenvalue weighted by Gasteiger charge is 2.49. The van der Waals surface area contributed by atoms with Crippen molar-refractivity contribution in [2.75, 3.05) is 34.5 Å². The van der Waals surface area contributed by atoms with Crippen molar-refractivity contribution in [1.29, 1.82) is 0 Å². The standard InChI is InChI=1S/C36H33FN2O4S/c37-29-18-31-33(19-30(29)38-27-16-17-28(38)23-44-22-27)41-20-32-34(43-35(40)39(31)32)21-42-36(24-10-4-1-5-11-24,25-12-6-2-7-13-25)26-14-8-3-9-15-26/h1-15,18-19,27-28,32,34H,16-17,20-23H2/t27?,28?,32-,34-/m0/s1. The number of amides is 1. The van der Waals surface area contributed by atoms with Crippen molar-refractivity contribution in [2.24, 2.45) is 0 Å². The Morgan fingerprint density at radius 1 is 0.818 bits per heavy atom. The molecule has 4 aliphatic rings. The lowest BCUT2D eigenvalue weighted by molar-refractivity contribution is -0.0389. The predicted molar refractivity (Wildman–Crippen MR) is 170 cm³/mol. The van der Waals surface area contributed by atoms with Gasteiger partial charge in [-0.15, -0.1) is 0 Å². The molecule has 0 spiro atoms. The lowest BCUT2D eigenvalue weighted by atomic mass is 9.80. The molecule has 3 saturated heterocycles. The van der Waals surface area contributed by atoms with Gasteiger partial charge in [-0.25, -0.2) is 9.18 Å². The van der Waals surface area contributed by atoms with E-state index in [0.29, 0.717) is 29.2 Å². The summed E-state index contributed by atoms with van der Waals surface area (Å²) >= 11 is 1.94. The van der Waals surface area contributed by atoms with Crippen molar-refractivity contribution in [2.45, 2.75) is 42.7 Å². The SMILES string of the molecule is O=C1O[C@@H](COC(c2ccccc2)(c2ccccc2)c2ccccc2)[C@@H]2COc3cc(N4C5CCC4CSC5)c(F)cc3N12. The first-order valence-corrected chi connectivity index (χ1v) is 16.4. The summed E-state index contributed by atoms with van der Waals surface area (Å²) in [6, 6.07) is 33.7. The summed E-state index contributed by atoms with van der Waals surface area (Å²) in [6.07, 6.45) is 1.02. The van der Waals surface area contributed by atoms with Crippen molar-refractivity contribution in [1.82, 2.24) is 0 Å². The Balaban J connectivity index is 1.11. The molecule has 1 amide bonds. The van der Waals surface area contributed by atoms with Gasteiger partial charge in [0.25, 0.3) is 0 Å². The molecular formula is C36H33FN2O4S. The molecule has 2 unspecified atom stereocenters. The minimum atomic E-state index is -0.954. The zero-order valence-electron chi connectivity index (χ0n) is 24.2. The monoisotopic (exact) mass is 608 g/mol. The minimum absolute atomic E-state index is 0.111. The number of anilines is 2. The molecule has 6 nitrogen and oxygen atoms in total. The molecule has 4 aliphatic heterocycles. The van der Waals surface area contributed by atoms with Gasteiger partial charge in [0.05, 0.1) is 18.0 Å². The number of halogens is 1. The third kappa shape index (κ3) is 4.46. The van der Waals surface area contributed by atoms with Crippen LogP contribution in [0.4, 0.5) is 20.6 Å². The summed E-state index contributed by atoms with van der Waals surface area (Å²) in [5, 5.41) is 0. The highest BCUT2D eigenvalue weighted by molar-refractivity contribution is 7.99. The van der Waals surface area contributed by atoms with Gasteiger partial charge in [-0.1, -0.05) is 91.0 Å². The van der Waals surface area contributed by atoms with Crippen molar-refractivity contribution in [3.63, 3.8) is 0 Å². The van der Waals surface area contributed by atoms with E-state index in [1.54, 1.807) is 11.0 Å². The number of hydrogen-bond donors (Lipinski definition) is 0. The Kier molecular flexibility index (Phi) is 6.99. The minimum Gasteiger partial charge on any atom is -0.489 e. The molecule has 0 aromatic heterocycles. The lowest BCUT2D eigenvalue weighted by Gasteiger charge is -2.38. The Morgan fingerprint density at radius 2 is 1.39 bits per heavy atom. The van der Waals surface area contributed by atoms with Gasteiger partial charge in [0.2, 0.25) is 0 Å². The number of benzene rings is 4. The Labute approximate surface area is 260 Å². The van der Waals surface area contributed by atoms with E-state index in [4.69, 9.17) is 14.2 Å². The largest absolute Gasteiger partial charge is 0.489 e. The zero-order valence-corrected chi connectivity index (χ0v) is 25.0. The van der Waals surface area contributed by atoms with E-state index in [1.165, 1.54) is 6.07 Å².